The standard InChI is InChI=1S/C31H45FN6O2/c1-4-38(22(2)3)30(39)26-17-24(32)5-6-27(26)40-28-18-34-21-35-29(28)37-14-9-23(20-37)19-36-15-12-31(13-16-36)10-7-25(33)8-11-31/h5-6,17-18,21-23,25H,4,7-16,19-20,33H2,1-3H3/t23-/m0/s1. The Labute approximate surface area is 238 Å². The van der Waals surface area contributed by atoms with Gasteiger partial charge in [0.05, 0.1) is 11.8 Å². The number of amides is 1. The van der Waals surface area contributed by atoms with E-state index in [-0.39, 0.29) is 17.5 Å². The van der Waals surface area contributed by atoms with Gasteiger partial charge in [0.2, 0.25) is 0 Å². The highest BCUT2D eigenvalue weighted by Gasteiger charge is 2.38. The molecule has 0 radical (unpaired) electrons. The summed E-state index contributed by atoms with van der Waals surface area (Å²) in [6.45, 7) is 11.6. The summed E-state index contributed by atoms with van der Waals surface area (Å²) in [4.78, 5) is 28.7. The molecular weight excluding hydrogens is 507 g/mol. The number of piperidine rings is 1. The van der Waals surface area contributed by atoms with E-state index in [0.717, 1.165) is 26.1 Å². The molecule has 3 heterocycles. The molecule has 40 heavy (non-hydrogen) atoms. The van der Waals surface area contributed by atoms with Crippen molar-refractivity contribution in [3.63, 3.8) is 0 Å². The molecule has 2 aliphatic heterocycles. The molecule has 8 nitrogen and oxygen atoms in total. The highest BCUT2D eigenvalue weighted by molar-refractivity contribution is 5.97. The van der Waals surface area contributed by atoms with E-state index in [2.05, 4.69) is 19.8 Å². The largest absolute Gasteiger partial charge is 0.451 e. The van der Waals surface area contributed by atoms with Crippen LogP contribution in [0.4, 0.5) is 10.2 Å². The summed E-state index contributed by atoms with van der Waals surface area (Å²) < 4.78 is 20.5. The number of ether oxygens (including phenoxy) is 1. The molecule has 1 atom stereocenters. The van der Waals surface area contributed by atoms with E-state index in [1.165, 1.54) is 76.1 Å². The zero-order valence-corrected chi connectivity index (χ0v) is 24.3. The number of aromatic nitrogens is 2. The monoisotopic (exact) mass is 552 g/mol. The number of carbonyl (C=O) groups is 1. The Bertz CT molecular complexity index is 1160. The zero-order valence-electron chi connectivity index (χ0n) is 24.3. The summed E-state index contributed by atoms with van der Waals surface area (Å²) in [5.41, 5.74) is 6.90. The second kappa shape index (κ2) is 12.4. The number of halogens is 1. The van der Waals surface area contributed by atoms with E-state index in [9.17, 15) is 9.18 Å². The summed E-state index contributed by atoms with van der Waals surface area (Å²) in [5, 5.41) is 0. The molecule has 3 fully saturated rings. The molecule has 1 spiro atoms. The minimum Gasteiger partial charge on any atom is -0.451 e. The van der Waals surface area contributed by atoms with Gasteiger partial charge in [-0.2, -0.15) is 0 Å². The van der Waals surface area contributed by atoms with Crippen LogP contribution in [0.25, 0.3) is 0 Å². The maximum absolute atomic E-state index is 14.2. The lowest BCUT2D eigenvalue weighted by Crippen LogP contribution is -2.45. The van der Waals surface area contributed by atoms with Crippen LogP contribution in [0, 0.1) is 17.2 Å². The molecule has 5 rings (SSSR count). The Morgan fingerprint density at radius 3 is 2.60 bits per heavy atom. The molecule has 1 aromatic carbocycles. The van der Waals surface area contributed by atoms with Gasteiger partial charge in [0.15, 0.2) is 11.6 Å². The number of hydrogen-bond acceptors (Lipinski definition) is 7. The first-order valence-corrected chi connectivity index (χ1v) is 15.1. The predicted molar refractivity (Wildman–Crippen MR) is 155 cm³/mol. The SMILES string of the molecule is CCN(C(=O)c1cc(F)ccc1Oc1cncnc1N1CC[C@@H](CN2CCC3(CCC(N)CC3)CC2)C1)C(C)C. The summed E-state index contributed by atoms with van der Waals surface area (Å²) in [5.74, 6) is 1.33. The number of nitrogens with zero attached hydrogens (tertiary/aromatic N) is 5. The number of benzene rings is 1. The van der Waals surface area contributed by atoms with Gasteiger partial charge in [-0.05, 0) is 108 Å². The van der Waals surface area contributed by atoms with Crippen molar-refractivity contribution < 1.29 is 13.9 Å². The minimum atomic E-state index is -0.474. The number of hydrogen-bond donors (Lipinski definition) is 1. The van der Waals surface area contributed by atoms with Gasteiger partial charge in [-0.1, -0.05) is 0 Å². The Hall–Kier alpha value is -2.78. The van der Waals surface area contributed by atoms with Crippen molar-refractivity contribution in [2.45, 2.75) is 77.8 Å². The third-order valence-electron chi connectivity index (χ3n) is 9.39. The zero-order chi connectivity index (χ0) is 28.3. The number of rotatable bonds is 8. The third kappa shape index (κ3) is 6.41. The number of likely N-dealkylation sites (tertiary alicyclic amines) is 1. The summed E-state index contributed by atoms with van der Waals surface area (Å²) in [6.07, 6.45) is 11.8. The van der Waals surface area contributed by atoms with Crippen molar-refractivity contribution in [2.24, 2.45) is 17.1 Å². The van der Waals surface area contributed by atoms with Crippen LogP contribution in [0.2, 0.25) is 0 Å². The molecule has 1 saturated carbocycles. The molecule has 2 saturated heterocycles. The van der Waals surface area contributed by atoms with Crippen LogP contribution in [0.1, 0.15) is 76.1 Å². The van der Waals surface area contributed by atoms with Crippen molar-refractivity contribution in [3.8, 4) is 11.5 Å². The van der Waals surface area contributed by atoms with Gasteiger partial charge in [-0.25, -0.2) is 14.4 Å². The highest BCUT2D eigenvalue weighted by Crippen LogP contribution is 2.44. The Morgan fingerprint density at radius 2 is 1.90 bits per heavy atom. The van der Waals surface area contributed by atoms with Crippen LogP contribution in [-0.4, -0.2) is 77.0 Å². The molecule has 2 aromatic rings. The number of carbonyl (C=O) groups excluding carboxylic acids is 1. The van der Waals surface area contributed by atoms with Gasteiger partial charge in [-0.3, -0.25) is 4.79 Å². The van der Waals surface area contributed by atoms with Gasteiger partial charge >= 0.3 is 0 Å². The van der Waals surface area contributed by atoms with E-state index < -0.39 is 5.82 Å². The van der Waals surface area contributed by atoms with Gasteiger partial charge < -0.3 is 25.2 Å². The Morgan fingerprint density at radius 1 is 1.15 bits per heavy atom. The molecule has 2 N–H and O–H groups in total. The lowest BCUT2D eigenvalue weighted by Gasteiger charge is -2.46. The molecule has 1 aliphatic carbocycles. The maximum Gasteiger partial charge on any atom is 0.257 e. The predicted octanol–water partition coefficient (Wildman–Crippen LogP) is 5.09. The second-order valence-corrected chi connectivity index (χ2v) is 12.4. The molecule has 9 heteroatoms. The fourth-order valence-corrected chi connectivity index (χ4v) is 6.90. The number of anilines is 1. The van der Waals surface area contributed by atoms with E-state index in [1.54, 1.807) is 11.1 Å². The van der Waals surface area contributed by atoms with Gasteiger partial charge in [0.25, 0.3) is 5.91 Å². The third-order valence-corrected chi connectivity index (χ3v) is 9.39. The van der Waals surface area contributed by atoms with Crippen molar-refractivity contribution in [2.75, 3.05) is 44.2 Å². The first kappa shape index (κ1) is 28.7. The van der Waals surface area contributed by atoms with Crippen LogP contribution >= 0.6 is 0 Å². The van der Waals surface area contributed by atoms with Crippen LogP contribution in [0.5, 0.6) is 11.5 Å². The lowest BCUT2D eigenvalue weighted by atomic mass is 9.67. The summed E-state index contributed by atoms with van der Waals surface area (Å²) in [6, 6.07) is 4.48. The molecule has 3 aliphatic rings. The quantitative estimate of drug-likeness (QED) is 0.488. The molecule has 1 aromatic heterocycles. The molecule has 0 bridgehead atoms. The first-order chi connectivity index (χ1) is 19.3. The highest BCUT2D eigenvalue weighted by atomic mass is 19.1. The Kier molecular flexibility index (Phi) is 8.90. The van der Waals surface area contributed by atoms with Crippen LogP contribution in [0.15, 0.2) is 30.7 Å². The van der Waals surface area contributed by atoms with Crippen LogP contribution in [0.3, 0.4) is 0 Å². The van der Waals surface area contributed by atoms with Crippen LogP contribution in [-0.2, 0) is 0 Å². The second-order valence-electron chi connectivity index (χ2n) is 12.4. The van der Waals surface area contributed by atoms with E-state index in [0.29, 0.717) is 41.2 Å². The Balaban J connectivity index is 1.23. The fourth-order valence-electron chi connectivity index (χ4n) is 6.90. The van der Waals surface area contributed by atoms with Gasteiger partial charge in [0, 0.05) is 38.3 Å². The van der Waals surface area contributed by atoms with Crippen molar-refractivity contribution in [3.05, 3.63) is 42.1 Å². The van der Waals surface area contributed by atoms with E-state index in [1.807, 2.05) is 20.8 Å². The minimum absolute atomic E-state index is 0.0165. The van der Waals surface area contributed by atoms with Gasteiger partial charge in [-0.15, -0.1) is 0 Å². The first-order valence-electron chi connectivity index (χ1n) is 15.1. The fraction of sp³-hybridized carbons (Fsp3) is 0.645. The van der Waals surface area contributed by atoms with Crippen molar-refractivity contribution >= 4 is 11.7 Å². The number of nitrogens with two attached hydrogens (primary N) is 1. The summed E-state index contributed by atoms with van der Waals surface area (Å²) >= 11 is 0. The molecular formula is C31H45FN6O2. The van der Waals surface area contributed by atoms with E-state index in [4.69, 9.17) is 10.5 Å². The van der Waals surface area contributed by atoms with Crippen molar-refractivity contribution in [1.82, 2.24) is 19.8 Å². The molecule has 218 valence electrons. The van der Waals surface area contributed by atoms with E-state index >= 15 is 0 Å². The average molecular weight is 553 g/mol. The smallest absolute Gasteiger partial charge is 0.257 e. The normalized spacial score (nSPS) is 21.8. The molecule has 1 amide bonds. The van der Waals surface area contributed by atoms with Gasteiger partial charge in [0.1, 0.15) is 17.9 Å². The maximum atomic E-state index is 14.2. The van der Waals surface area contributed by atoms with Crippen LogP contribution < -0.4 is 15.4 Å². The average Bonchev–Trinajstić information content (AvgIpc) is 3.41. The molecule has 0 unspecified atom stereocenters. The lowest BCUT2D eigenvalue weighted by molar-refractivity contribution is 0.0567. The summed E-state index contributed by atoms with van der Waals surface area (Å²) in [7, 11) is 0. The van der Waals surface area contributed by atoms with Crippen molar-refractivity contribution in [1.29, 1.82) is 0 Å². The topological polar surface area (TPSA) is 87.8 Å².